The van der Waals surface area contributed by atoms with Crippen LogP contribution in [0.25, 0.3) is 0 Å². The van der Waals surface area contributed by atoms with Gasteiger partial charge in [0.2, 0.25) is 0 Å². The average molecular weight is 261 g/mol. The monoisotopic (exact) mass is 261 g/mol. The molecule has 1 amide bonds. The number of ketones is 1. The molecule has 1 heterocycles. The molecule has 0 saturated carbocycles. The summed E-state index contributed by atoms with van der Waals surface area (Å²) in [7, 11) is 0. The third kappa shape index (κ3) is 2.95. The van der Waals surface area contributed by atoms with E-state index in [1.807, 2.05) is 6.92 Å². The van der Waals surface area contributed by atoms with E-state index in [1.165, 1.54) is 0 Å². The minimum Gasteiger partial charge on any atom is -0.491 e. The first-order valence-electron chi connectivity index (χ1n) is 6.72. The van der Waals surface area contributed by atoms with Crippen molar-refractivity contribution in [3.63, 3.8) is 0 Å². The molecule has 102 valence electrons. The van der Waals surface area contributed by atoms with E-state index < -0.39 is 0 Å². The van der Waals surface area contributed by atoms with Crippen molar-refractivity contribution in [1.29, 1.82) is 0 Å². The molecule has 0 bridgehead atoms. The molecule has 0 aromatic heterocycles. The predicted octanol–water partition coefficient (Wildman–Crippen LogP) is 2.43. The SMILES string of the molecule is CCCC(C)C(=O)c1ccc2c(c1)C(=O)NCCO2. The summed E-state index contributed by atoms with van der Waals surface area (Å²) in [6.07, 6.45) is 1.83. The van der Waals surface area contributed by atoms with Crippen molar-refractivity contribution in [2.75, 3.05) is 13.2 Å². The fraction of sp³-hybridized carbons (Fsp3) is 0.467. The highest BCUT2D eigenvalue weighted by atomic mass is 16.5. The van der Waals surface area contributed by atoms with Gasteiger partial charge in [0, 0.05) is 11.5 Å². The Morgan fingerprint density at radius 3 is 3.00 bits per heavy atom. The number of fused-ring (bicyclic) bond motifs is 1. The fourth-order valence-electron chi connectivity index (χ4n) is 2.26. The number of nitrogens with one attached hydrogen (secondary N) is 1. The predicted molar refractivity (Wildman–Crippen MR) is 72.7 cm³/mol. The van der Waals surface area contributed by atoms with Gasteiger partial charge in [-0.3, -0.25) is 9.59 Å². The van der Waals surface area contributed by atoms with Gasteiger partial charge < -0.3 is 10.1 Å². The lowest BCUT2D eigenvalue weighted by molar-refractivity contribution is 0.0923. The van der Waals surface area contributed by atoms with E-state index in [9.17, 15) is 9.59 Å². The number of hydrogen-bond acceptors (Lipinski definition) is 3. The molecule has 1 N–H and O–H groups in total. The van der Waals surface area contributed by atoms with E-state index in [0.717, 1.165) is 12.8 Å². The van der Waals surface area contributed by atoms with Crippen LogP contribution in [0, 0.1) is 5.92 Å². The molecule has 0 aliphatic carbocycles. The molecule has 19 heavy (non-hydrogen) atoms. The summed E-state index contributed by atoms with van der Waals surface area (Å²) in [4.78, 5) is 24.1. The van der Waals surface area contributed by atoms with Crippen molar-refractivity contribution >= 4 is 11.7 Å². The Kier molecular flexibility index (Phi) is 4.20. The summed E-state index contributed by atoms with van der Waals surface area (Å²) < 4.78 is 5.47. The summed E-state index contributed by atoms with van der Waals surface area (Å²) >= 11 is 0. The zero-order chi connectivity index (χ0) is 13.8. The maximum atomic E-state index is 12.2. The van der Waals surface area contributed by atoms with Gasteiger partial charge in [0.05, 0.1) is 12.1 Å². The Labute approximate surface area is 113 Å². The van der Waals surface area contributed by atoms with E-state index in [0.29, 0.717) is 30.0 Å². The number of rotatable bonds is 4. The summed E-state index contributed by atoms with van der Waals surface area (Å²) in [5.41, 5.74) is 1.03. The summed E-state index contributed by atoms with van der Waals surface area (Å²) in [5, 5.41) is 2.75. The molecule has 1 aliphatic rings. The molecule has 1 atom stereocenters. The van der Waals surface area contributed by atoms with E-state index in [4.69, 9.17) is 4.74 Å². The highest BCUT2D eigenvalue weighted by Gasteiger charge is 2.20. The standard InChI is InChI=1S/C15H19NO3/c1-3-4-10(2)14(17)11-5-6-13-12(9-11)15(18)16-7-8-19-13/h5-6,9-10H,3-4,7-8H2,1-2H3,(H,16,18). The molecule has 2 rings (SSSR count). The van der Waals surface area contributed by atoms with E-state index in [2.05, 4.69) is 12.2 Å². The molecule has 0 radical (unpaired) electrons. The molecule has 1 unspecified atom stereocenters. The molecule has 1 aromatic carbocycles. The van der Waals surface area contributed by atoms with Crippen molar-refractivity contribution in [1.82, 2.24) is 5.32 Å². The van der Waals surface area contributed by atoms with Gasteiger partial charge >= 0.3 is 0 Å². The van der Waals surface area contributed by atoms with Crippen molar-refractivity contribution in [2.45, 2.75) is 26.7 Å². The van der Waals surface area contributed by atoms with Gasteiger partial charge in [-0.1, -0.05) is 20.3 Å². The number of carbonyl (C=O) groups is 2. The smallest absolute Gasteiger partial charge is 0.255 e. The van der Waals surface area contributed by atoms with Crippen LogP contribution in [0.1, 0.15) is 47.4 Å². The van der Waals surface area contributed by atoms with Crippen LogP contribution in [0.4, 0.5) is 0 Å². The zero-order valence-corrected chi connectivity index (χ0v) is 11.4. The Morgan fingerprint density at radius 1 is 1.47 bits per heavy atom. The van der Waals surface area contributed by atoms with Crippen LogP contribution in [-0.4, -0.2) is 24.8 Å². The van der Waals surface area contributed by atoms with Gasteiger partial charge in [-0.05, 0) is 24.6 Å². The second-order valence-corrected chi connectivity index (χ2v) is 4.87. The lowest BCUT2D eigenvalue weighted by atomic mass is 9.94. The van der Waals surface area contributed by atoms with E-state index in [-0.39, 0.29) is 17.6 Å². The van der Waals surface area contributed by atoms with Crippen LogP contribution in [-0.2, 0) is 0 Å². The molecule has 1 aromatic rings. The second-order valence-electron chi connectivity index (χ2n) is 4.87. The first kappa shape index (κ1) is 13.6. The van der Waals surface area contributed by atoms with Crippen molar-refractivity contribution in [3.05, 3.63) is 29.3 Å². The fourth-order valence-corrected chi connectivity index (χ4v) is 2.26. The van der Waals surface area contributed by atoms with Crippen LogP contribution in [0.3, 0.4) is 0 Å². The summed E-state index contributed by atoms with van der Waals surface area (Å²) in [5.74, 6) is 0.444. The zero-order valence-electron chi connectivity index (χ0n) is 11.4. The Morgan fingerprint density at radius 2 is 2.26 bits per heavy atom. The molecule has 1 aliphatic heterocycles. The third-order valence-electron chi connectivity index (χ3n) is 3.32. The number of ether oxygens (including phenoxy) is 1. The highest BCUT2D eigenvalue weighted by molar-refractivity contribution is 6.03. The van der Waals surface area contributed by atoms with E-state index in [1.54, 1.807) is 18.2 Å². The maximum absolute atomic E-state index is 12.2. The quantitative estimate of drug-likeness (QED) is 0.847. The third-order valence-corrected chi connectivity index (χ3v) is 3.32. The molecule has 4 heteroatoms. The average Bonchev–Trinajstić information content (AvgIpc) is 2.60. The largest absolute Gasteiger partial charge is 0.491 e. The Bertz CT molecular complexity index is 496. The minimum atomic E-state index is -0.176. The molecule has 4 nitrogen and oxygen atoms in total. The van der Waals surface area contributed by atoms with Crippen molar-refractivity contribution in [2.24, 2.45) is 5.92 Å². The Hall–Kier alpha value is -1.84. The second kappa shape index (κ2) is 5.87. The van der Waals surface area contributed by atoms with Crippen LogP contribution < -0.4 is 10.1 Å². The first-order valence-corrected chi connectivity index (χ1v) is 6.72. The minimum absolute atomic E-state index is 0.0159. The van der Waals surface area contributed by atoms with Crippen LogP contribution in [0.15, 0.2) is 18.2 Å². The Balaban J connectivity index is 2.29. The number of benzene rings is 1. The van der Waals surface area contributed by atoms with Gasteiger partial charge in [-0.25, -0.2) is 0 Å². The molecule has 0 saturated heterocycles. The van der Waals surface area contributed by atoms with Gasteiger partial charge in [0.1, 0.15) is 12.4 Å². The highest BCUT2D eigenvalue weighted by Crippen LogP contribution is 2.24. The normalized spacial score (nSPS) is 15.8. The van der Waals surface area contributed by atoms with Gasteiger partial charge in [0.25, 0.3) is 5.91 Å². The molecular weight excluding hydrogens is 242 g/mol. The van der Waals surface area contributed by atoms with Crippen LogP contribution in [0.2, 0.25) is 0 Å². The lowest BCUT2D eigenvalue weighted by Gasteiger charge is -2.11. The number of hydrogen-bond donors (Lipinski definition) is 1. The van der Waals surface area contributed by atoms with Gasteiger partial charge in [0.15, 0.2) is 5.78 Å². The number of amides is 1. The lowest BCUT2D eigenvalue weighted by Crippen LogP contribution is -2.24. The number of Topliss-reactive ketones (excluding diaryl/α,β-unsaturated/α-hetero) is 1. The molecule has 0 spiro atoms. The van der Waals surface area contributed by atoms with Crippen molar-refractivity contribution < 1.29 is 14.3 Å². The summed E-state index contributed by atoms with van der Waals surface area (Å²) in [6.45, 7) is 4.93. The topological polar surface area (TPSA) is 55.4 Å². The van der Waals surface area contributed by atoms with Crippen molar-refractivity contribution in [3.8, 4) is 5.75 Å². The summed E-state index contributed by atoms with van der Waals surface area (Å²) in [6, 6.07) is 5.10. The van der Waals surface area contributed by atoms with Crippen LogP contribution in [0.5, 0.6) is 5.75 Å². The maximum Gasteiger partial charge on any atom is 0.255 e. The molecular formula is C15H19NO3. The first-order chi connectivity index (χ1) is 9.13. The van der Waals surface area contributed by atoms with E-state index >= 15 is 0 Å². The molecule has 0 fully saturated rings. The number of carbonyl (C=O) groups excluding carboxylic acids is 2. The van der Waals surface area contributed by atoms with Crippen LogP contribution >= 0.6 is 0 Å². The van der Waals surface area contributed by atoms with Gasteiger partial charge in [-0.2, -0.15) is 0 Å². The van der Waals surface area contributed by atoms with Gasteiger partial charge in [-0.15, -0.1) is 0 Å².